The lowest BCUT2D eigenvalue weighted by Gasteiger charge is -2.37. The summed E-state index contributed by atoms with van der Waals surface area (Å²) in [6.07, 6.45) is 0. The van der Waals surface area contributed by atoms with Crippen LogP contribution in [-0.2, 0) is 0 Å². The number of rotatable bonds is 5. The zero-order valence-electron chi connectivity index (χ0n) is 17.1. The normalized spacial score (nSPS) is 12.4. The number of nitrogen functional groups attached to an aromatic ring is 1. The van der Waals surface area contributed by atoms with E-state index in [2.05, 4.69) is 105 Å². The Labute approximate surface area is 191 Å². The molecule has 148 valence electrons. The summed E-state index contributed by atoms with van der Waals surface area (Å²) >= 11 is 4.53. The first kappa shape index (κ1) is 22.8. The van der Waals surface area contributed by atoms with E-state index in [-0.39, 0.29) is 5.04 Å². The molecule has 3 nitrogen and oxygen atoms in total. The Balaban J connectivity index is 2.39. The molecule has 2 aromatic carbocycles. The van der Waals surface area contributed by atoms with Crippen LogP contribution in [0.1, 0.15) is 46.1 Å². The molecule has 0 bridgehead atoms. The van der Waals surface area contributed by atoms with Crippen LogP contribution in [0.3, 0.4) is 0 Å². The predicted molar refractivity (Wildman–Crippen MR) is 135 cm³/mol. The smallest absolute Gasteiger partial charge is 0.250 e. The van der Waals surface area contributed by atoms with E-state index < -0.39 is 8.32 Å². The van der Waals surface area contributed by atoms with Gasteiger partial charge in [0, 0.05) is 5.69 Å². The maximum absolute atomic E-state index is 6.59. The van der Waals surface area contributed by atoms with Crippen molar-refractivity contribution in [2.75, 3.05) is 5.73 Å². The first-order valence-corrected chi connectivity index (χ1v) is 14.1. The molecule has 0 saturated heterocycles. The van der Waals surface area contributed by atoms with Crippen molar-refractivity contribution in [1.82, 2.24) is 0 Å². The third kappa shape index (κ3) is 5.53. The fraction of sp³-hybridized carbons (Fsp3) is 0.429. The Morgan fingerprint density at radius 1 is 1.00 bits per heavy atom. The van der Waals surface area contributed by atoms with Gasteiger partial charge in [-0.15, -0.1) is 0 Å². The molecular weight excluding hydrogens is 580 g/mol. The van der Waals surface area contributed by atoms with E-state index >= 15 is 0 Å². The standard InChI is InChI=1S/C21H29I2NO2Si/c1-13(2)16-12-15(25-20-17(22)10-14(24)11-18(20)23)8-9-19(16)26-27(6,7)21(3,4)5/h8-13H,24H2,1-7H3. The Morgan fingerprint density at radius 3 is 2.04 bits per heavy atom. The van der Waals surface area contributed by atoms with Crippen LogP contribution in [-0.4, -0.2) is 8.32 Å². The van der Waals surface area contributed by atoms with E-state index in [4.69, 9.17) is 14.9 Å². The van der Waals surface area contributed by atoms with Crippen molar-refractivity contribution >= 4 is 59.2 Å². The van der Waals surface area contributed by atoms with Gasteiger partial charge in [0.15, 0.2) is 5.75 Å². The van der Waals surface area contributed by atoms with Crippen molar-refractivity contribution < 1.29 is 9.16 Å². The van der Waals surface area contributed by atoms with Crippen LogP contribution < -0.4 is 14.9 Å². The van der Waals surface area contributed by atoms with Gasteiger partial charge in [-0.05, 0) is 105 Å². The van der Waals surface area contributed by atoms with Crippen molar-refractivity contribution in [3.8, 4) is 17.2 Å². The lowest BCUT2D eigenvalue weighted by atomic mass is 10.0. The highest BCUT2D eigenvalue weighted by Gasteiger charge is 2.39. The maximum atomic E-state index is 6.59. The first-order chi connectivity index (χ1) is 12.3. The number of nitrogens with two attached hydrogens (primary N) is 1. The Morgan fingerprint density at radius 2 is 1.56 bits per heavy atom. The third-order valence-corrected chi connectivity index (χ3v) is 11.0. The van der Waals surface area contributed by atoms with Crippen molar-refractivity contribution in [3.63, 3.8) is 0 Å². The van der Waals surface area contributed by atoms with E-state index in [9.17, 15) is 0 Å². The molecule has 0 heterocycles. The number of benzene rings is 2. The zero-order valence-corrected chi connectivity index (χ0v) is 22.4. The van der Waals surface area contributed by atoms with E-state index in [1.54, 1.807) is 0 Å². The molecule has 0 radical (unpaired) electrons. The summed E-state index contributed by atoms with van der Waals surface area (Å²) in [5.41, 5.74) is 7.85. The summed E-state index contributed by atoms with van der Waals surface area (Å²) in [7, 11) is -1.90. The molecule has 2 rings (SSSR count). The molecule has 6 heteroatoms. The summed E-state index contributed by atoms with van der Waals surface area (Å²) < 4.78 is 14.8. The Hall–Kier alpha value is -0.483. The summed E-state index contributed by atoms with van der Waals surface area (Å²) in [4.78, 5) is 0. The average Bonchev–Trinajstić information content (AvgIpc) is 2.50. The molecule has 0 aliphatic heterocycles. The molecule has 0 saturated carbocycles. The van der Waals surface area contributed by atoms with E-state index in [1.807, 2.05) is 18.2 Å². The molecular formula is C21H29I2NO2Si. The summed E-state index contributed by atoms with van der Waals surface area (Å²) in [6, 6.07) is 10.0. The van der Waals surface area contributed by atoms with Crippen molar-refractivity contribution in [1.29, 1.82) is 0 Å². The second kappa shape index (κ2) is 8.48. The average molecular weight is 609 g/mol. The molecule has 0 aromatic heterocycles. The lowest BCUT2D eigenvalue weighted by molar-refractivity contribution is 0.465. The van der Waals surface area contributed by atoms with Crippen LogP contribution in [0.2, 0.25) is 18.1 Å². The molecule has 0 aliphatic carbocycles. The van der Waals surface area contributed by atoms with E-state index in [0.29, 0.717) is 5.92 Å². The number of hydrogen-bond acceptors (Lipinski definition) is 3. The molecule has 0 fully saturated rings. The minimum atomic E-state index is -1.90. The minimum Gasteiger partial charge on any atom is -0.543 e. The number of ether oxygens (including phenoxy) is 1. The minimum absolute atomic E-state index is 0.159. The molecule has 0 spiro atoms. The van der Waals surface area contributed by atoms with E-state index in [1.165, 1.54) is 5.56 Å². The second-order valence-electron chi connectivity index (χ2n) is 8.63. The quantitative estimate of drug-likeness (QED) is 0.214. The zero-order chi connectivity index (χ0) is 20.6. The second-order valence-corrected chi connectivity index (χ2v) is 15.7. The van der Waals surface area contributed by atoms with Gasteiger partial charge in [-0.3, -0.25) is 0 Å². The van der Waals surface area contributed by atoms with Crippen molar-refractivity contribution in [2.24, 2.45) is 0 Å². The largest absolute Gasteiger partial charge is 0.543 e. The topological polar surface area (TPSA) is 44.5 Å². The first-order valence-electron chi connectivity index (χ1n) is 9.07. The van der Waals surface area contributed by atoms with Crippen LogP contribution >= 0.6 is 45.2 Å². The number of halogens is 2. The van der Waals surface area contributed by atoms with Gasteiger partial charge in [0.25, 0.3) is 0 Å². The van der Waals surface area contributed by atoms with Gasteiger partial charge < -0.3 is 14.9 Å². The summed E-state index contributed by atoms with van der Waals surface area (Å²) in [5, 5.41) is 0.159. The van der Waals surface area contributed by atoms with Crippen LogP contribution in [0, 0.1) is 7.14 Å². The highest BCUT2D eigenvalue weighted by Crippen LogP contribution is 2.41. The van der Waals surface area contributed by atoms with Gasteiger partial charge in [0.05, 0.1) is 7.14 Å². The van der Waals surface area contributed by atoms with Crippen molar-refractivity contribution in [2.45, 2.75) is 58.7 Å². The summed E-state index contributed by atoms with van der Waals surface area (Å²) in [5.74, 6) is 2.99. The van der Waals surface area contributed by atoms with Crippen LogP contribution in [0.4, 0.5) is 5.69 Å². The molecule has 0 atom stereocenters. The van der Waals surface area contributed by atoms with Gasteiger partial charge in [0.1, 0.15) is 11.5 Å². The lowest BCUT2D eigenvalue weighted by Crippen LogP contribution is -2.44. The molecule has 0 unspecified atom stereocenters. The molecule has 27 heavy (non-hydrogen) atoms. The SMILES string of the molecule is CC(C)c1cc(Oc2c(I)cc(N)cc2I)ccc1O[Si](C)(C)C(C)(C)C. The Bertz CT molecular complexity index is 806. The monoisotopic (exact) mass is 609 g/mol. The van der Waals surface area contributed by atoms with Gasteiger partial charge in [0.2, 0.25) is 8.32 Å². The van der Waals surface area contributed by atoms with Gasteiger partial charge >= 0.3 is 0 Å². The third-order valence-electron chi connectivity index (χ3n) is 5.02. The fourth-order valence-electron chi connectivity index (χ4n) is 2.36. The highest BCUT2D eigenvalue weighted by molar-refractivity contribution is 14.1. The Kier molecular flexibility index (Phi) is 7.17. The maximum Gasteiger partial charge on any atom is 0.250 e. The number of hydrogen-bond donors (Lipinski definition) is 1. The molecule has 2 aromatic rings. The number of anilines is 1. The van der Waals surface area contributed by atoms with Crippen molar-refractivity contribution in [3.05, 3.63) is 43.0 Å². The van der Waals surface area contributed by atoms with Crippen LogP contribution in [0.5, 0.6) is 17.2 Å². The fourth-order valence-corrected chi connectivity index (χ4v) is 5.44. The van der Waals surface area contributed by atoms with Gasteiger partial charge in [-0.1, -0.05) is 34.6 Å². The summed E-state index contributed by atoms with van der Waals surface area (Å²) in [6.45, 7) is 15.7. The van der Waals surface area contributed by atoms with Gasteiger partial charge in [-0.25, -0.2) is 0 Å². The highest BCUT2D eigenvalue weighted by atomic mass is 127. The van der Waals surface area contributed by atoms with Crippen LogP contribution in [0.15, 0.2) is 30.3 Å². The van der Waals surface area contributed by atoms with E-state index in [0.717, 1.165) is 30.1 Å². The van der Waals surface area contributed by atoms with Crippen LogP contribution in [0.25, 0.3) is 0 Å². The predicted octanol–water partition coefficient (Wildman–Crippen LogP) is 7.78. The molecule has 0 aliphatic rings. The molecule has 2 N–H and O–H groups in total. The van der Waals surface area contributed by atoms with Gasteiger partial charge in [-0.2, -0.15) is 0 Å². The molecule has 0 amide bonds.